The molecule has 0 aliphatic rings. The molecule has 0 bridgehead atoms. The fraction of sp³-hybridized carbons (Fsp3) is 0.167. The van der Waals surface area contributed by atoms with Gasteiger partial charge >= 0.3 is 5.97 Å². The fourth-order valence-corrected chi connectivity index (χ4v) is 2.76. The van der Waals surface area contributed by atoms with E-state index in [0.29, 0.717) is 22.9 Å². The Morgan fingerprint density at radius 2 is 1.91 bits per heavy atom. The summed E-state index contributed by atoms with van der Waals surface area (Å²) in [5.41, 5.74) is 3.01. The summed E-state index contributed by atoms with van der Waals surface area (Å²) in [7, 11) is 0. The van der Waals surface area contributed by atoms with Crippen LogP contribution in [0.4, 0.5) is 0 Å². The Balaban J connectivity index is 1.54. The first kappa shape index (κ1) is 15.9. The van der Waals surface area contributed by atoms with Crippen LogP contribution in [-0.2, 0) is 22.6 Å². The molecule has 0 atom stereocenters. The first-order valence-electron chi connectivity index (χ1n) is 7.28. The molecule has 2 aromatic carbocycles. The number of nitrogens with one attached hydrogen (secondary N) is 1. The molecule has 0 aliphatic heterocycles. The van der Waals surface area contributed by atoms with Crippen LogP contribution in [0.15, 0.2) is 48.7 Å². The van der Waals surface area contributed by atoms with Gasteiger partial charge in [0.1, 0.15) is 6.61 Å². The van der Waals surface area contributed by atoms with Crippen molar-refractivity contribution < 1.29 is 9.53 Å². The zero-order valence-electron chi connectivity index (χ0n) is 12.3. The fourth-order valence-electron chi connectivity index (χ4n) is 2.44. The summed E-state index contributed by atoms with van der Waals surface area (Å²) in [6, 6.07) is 13.2. The van der Waals surface area contributed by atoms with Crippen LogP contribution in [0.3, 0.4) is 0 Å². The molecule has 0 radical (unpaired) electrons. The molecule has 0 saturated carbocycles. The second-order valence-corrected chi connectivity index (χ2v) is 6.08. The second kappa shape index (κ2) is 7.07. The van der Waals surface area contributed by atoms with Gasteiger partial charge in [-0.3, -0.25) is 4.79 Å². The Hall–Kier alpha value is -1.97. The monoisotopic (exact) mass is 347 g/mol. The standard InChI is InChI=1S/C18H15Cl2NO2/c19-15-7-5-12(9-16(15)20)11-23-18(22)8-6-13-10-21-17-4-2-1-3-14(13)17/h1-5,7,9-10,21H,6,8,11H2. The largest absolute Gasteiger partial charge is 0.461 e. The van der Waals surface area contributed by atoms with Crippen LogP contribution in [0.2, 0.25) is 10.0 Å². The van der Waals surface area contributed by atoms with Gasteiger partial charge in [-0.05, 0) is 35.7 Å². The number of aromatic amines is 1. The van der Waals surface area contributed by atoms with E-state index in [-0.39, 0.29) is 12.6 Å². The van der Waals surface area contributed by atoms with Gasteiger partial charge in [0.15, 0.2) is 0 Å². The maximum atomic E-state index is 11.9. The summed E-state index contributed by atoms with van der Waals surface area (Å²) in [6.07, 6.45) is 2.92. The number of fused-ring (bicyclic) bond motifs is 1. The van der Waals surface area contributed by atoms with Gasteiger partial charge in [-0.15, -0.1) is 0 Å². The lowest BCUT2D eigenvalue weighted by molar-refractivity contribution is -0.144. The predicted octanol–water partition coefficient (Wildman–Crippen LogP) is 5.15. The van der Waals surface area contributed by atoms with E-state index in [1.54, 1.807) is 18.2 Å². The van der Waals surface area contributed by atoms with Gasteiger partial charge in [-0.2, -0.15) is 0 Å². The minimum absolute atomic E-state index is 0.198. The SMILES string of the molecule is O=C(CCc1c[nH]c2ccccc12)OCc1ccc(Cl)c(Cl)c1. The van der Waals surface area contributed by atoms with Crippen molar-refractivity contribution >= 4 is 40.1 Å². The number of hydrogen-bond acceptors (Lipinski definition) is 2. The average Bonchev–Trinajstić information content (AvgIpc) is 2.97. The molecular weight excluding hydrogens is 333 g/mol. The van der Waals surface area contributed by atoms with Crippen LogP contribution < -0.4 is 0 Å². The normalized spacial score (nSPS) is 10.9. The average molecular weight is 348 g/mol. The van der Waals surface area contributed by atoms with E-state index in [1.807, 2.05) is 30.5 Å². The van der Waals surface area contributed by atoms with Gasteiger partial charge in [0.05, 0.1) is 10.0 Å². The van der Waals surface area contributed by atoms with Gasteiger partial charge in [-0.25, -0.2) is 0 Å². The number of ether oxygens (including phenoxy) is 1. The summed E-state index contributed by atoms with van der Waals surface area (Å²) >= 11 is 11.8. The van der Waals surface area contributed by atoms with Gasteiger partial charge in [-0.1, -0.05) is 47.5 Å². The second-order valence-electron chi connectivity index (χ2n) is 5.27. The lowest BCUT2D eigenvalue weighted by atomic mass is 10.1. The van der Waals surface area contributed by atoms with Gasteiger partial charge < -0.3 is 9.72 Å². The molecule has 1 aromatic heterocycles. The summed E-state index contributed by atoms with van der Waals surface area (Å²) < 4.78 is 5.28. The third kappa shape index (κ3) is 3.87. The van der Waals surface area contributed by atoms with E-state index in [1.165, 1.54) is 0 Å². The number of para-hydroxylation sites is 1. The zero-order valence-corrected chi connectivity index (χ0v) is 13.8. The van der Waals surface area contributed by atoms with E-state index in [0.717, 1.165) is 22.0 Å². The van der Waals surface area contributed by atoms with Crippen LogP contribution in [-0.4, -0.2) is 11.0 Å². The van der Waals surface area contributed by atoms with Gasteiger partial charge in [0.25, 0.3) is 0 Å². The minimum atomic E-state index is -0.235. The molecule has 118 valence electrons. The van der Waals surface area contributed by atoms with Crippen molar-refractivity contribution in [2.24, 2.45) is 0 Å². The maximum Gasteiger partial charge on any atom is 0.306 e. The highest BCUT2D eigenvalue weighted by molar-refractivity contribution is 6.42. The number of carbonyl (C=O) groups is 1. The molecule has 0 amide bonds. The number of aromatic nitrogens is 1. The van der Waals surface area contributed by atoms with Crippen molar-refractivity contribution in [3.05, 3.63) is 69.8 Å². The molecule has 1 N–H and O–H groups in total. The number of benzene rings is 2. The number of rotatable bonds is 5. The summed E-state index contributed by atoms with van der Waals surface area (Å²) in [5.74, 6) is -0.235. The quantitative estimate of drug-likeness (QED) is 0.648. The molecule has 0 unspecified atom stereocenters. The Morgan fingerprint density at radius 1 is 1.09 bits per heavy atom. The molecule has 1 heterocycles. The molecule has 0 spiro atoms. The minimum Gasteiger partial charge on any atom is -0.461 e. The Bertz CT molecular complexity index is 842. The third-order valence-corrected chi connectivity index (χ3v) is 4.40. The Kier molecular flexibility index (Phi) is 4.89. The highest BCUT2D eigenvalue weighted by Gasteiger charge is 2.08. The van der Waals surface area contributed by atoms with Gasteiger partial charge in [0, 0.05) is 23.5 Å². The molecule has 0 saturated heterocycles. The van der Waals surface area contributed by atoms with Crippen molar-refractivity contribution in [2.75, 3.05) is 0 Å². The van der Waals surface area contributed by atoms with Crippen molar-refractivity contribution in [3.8, 4) is 0 Å². The summed E-state index contributed by atoms with van der Waals surface area (Å²) in [4.78, 5) is 15.1. The number of esters is 1. The smallest absolute Gasteiger partial charge is 0.306 e. The summed E-state index contributed by atoms with van der Waals surface area (Å²) in [5, 5.41) is 2.09. The van der Waals surface area contributed by atoms with E-state index in [9.17, 15) is 4.79 Å². The third-order valence-electron chi connectivity index (χ3n) is 3.66. The molecule has 0 aliphatic carbocycles. The molecule has 3 nitrogen and oxygen atoms in total. The van der Waals surface area contributed by atoms with Crippen molar-refractivity contribution in [3.63, 3.8) is 0 Å². The van der Waals surface area contributed by atoms with Crippen LogP contribution in [0, 0.1) is 0 Å². The van der Waals surface area contributed by atoms with Crippen LogP contribution in [0.1, 0.15) is 17.5 Å². The highest BCUT2D eigenvalue weighted by Crippen LogP contribution is 2.23. The van der Waals surface area contributed by atoms with Crippen LogP contribution in [0.25, 0.3) is 10.9 Å². The Labute approximate surface area is 144 Å². The number of carbonyl (C=O) groups excluding carboxylic acids is 1. The number of halogens is 2. The van der Waals surface area contributed by atoms with E-state index in [4.69, 9.17) is 27.9 Å². The van der Waals surface area contributed by atoms with Crippen molar-refractivity contribution in [1.29, 1.82) is 0 Å². The lowest BCUT2D eigenvalue weighted by Gasteiger charge is -2.06. The molecule has 5 heteroatoms. The molecule has 3 rings (SSSR count). The predicted molar refractivity (Wildman–Crippen MR) is 92.9 cm³/mol. The molecular formula is C18H15Cl2NO2. The lowest BCUT2D eigenvalue weighted by Crippen LogP contribution is -2.05. The molecule has 3 aromatic rings. The zero-order chi connectivity index (χ0) is 16.2. The Morgan fingerprint density at radius 3 is 2.74 bits per heavy atom. The van der Waals surface area contributed by atoms with Crippen molar-refractivity contribution in [2.45, 2.75) is 19.4 Å². The van der Waals surface area contributed by atoms with E-state index < -0.39 is 0 Å². The highest BCUT2D eigenvalue weighted by atomic mass is 35.5. The van der Waals surface area contributed by atoms with Crippen molar-refractivity contribution in [1.82, 2.24) is 4.98 Å². The number of hydrogen-bond donors (Lipinski definition) is 1. The first-order chi connectivity index (χ1) is 11.1. The van der Waals surface area contributed by atoms with Crippen LogP contribution >= 0.6 is 23.2 Å². The number of H-pyrrole nitrogens is 1. The molecule has 23 heavy (non-hydrogen) atoms. The van der Waals surface area contributed by atoms with Gasteiger partial charge in [0.2, 0.25) is 0 Å². The van der Waals surface area contributed by atoms with Crippen LogP contribution in [0.5, 0.6) is 0 Å². The number of aryl methyl sites for hydroxylation is 1. The maximum absolute atomic E-state index is 11.9. The summed E-state index contributed by atoms with van der Waals surface area (Å²) in [6.45, 7) is 0.198. The van der Waals surface area contributed by atoms with E-state index in [2.05, 4.69) is 4.98 Å². The molecule has 0 fully saturated rings. The topological polar surface area (TPSA) is 42.1 Å². The van der Waals surface area contributed by atoms with E-state index >= 15 is 0 Å². The first-order valence-corrected chi connectivity index (χ1v) is 8.03.